The van der Waals surface area contributed by atoms with E-state index in [0.29, 0.717) is 52.4 Å². The second-order valence-corrected chi connectivity index (χ2v) is 23.7. The van der Waals surface area contributed by atoms with Crippen molar-refractivity contribution < 1.29 is 36.0 Å². The zero-order valence-corrected chi connectivity index (χ0v) is 45.5. The highest BCUT2D eigenvalue weighted by atomic mass is 32.2. The average Bonchev–Trinajstić information content (AvgIpc) is 4.10. The molecule has 0 radical (unpaired) electrons. The Morgan fingerprint density at radius 1 is 0.753 bits per heavy atom. The van der Waals surface area contributed by atoms with Crippen molar-refractivity contribution in [3.8, 4) is 11.1 Å². The van der Waals surface area contributed by atoms with Gasteiger partial charge in [-0.25, -0.2) is 28.1 Å². The van der Waals surface area contributed by atoms with Gasteiger partial charge < -0.3 is 19.7 Å². The normalized spacial score (nSPS) is 17.7. The number of carbonyl (C=O) groups is 3. The number of imide groups is 1. The van der Waals surface area contributed by atoms with Crippen LogP contribution in [-0.4, -0.2) is 95.7 Å². The zero-order valence-electron chi connectivity index (χ0n) is 44.7. The minimum atomic E-state index is -4.26. The van der Waals surface area contributed by atoms with Crippen LogP contribution in [0.4, 0.5) is 36.2 Å². The van der Waals surface area contributed by atoms with Crippen molar-refractivity contribution in [1.29, 1.82) is 0 Å². The van der Waals surface area contributed by atoms with Crippen LogP contribution in [0.2, 0.25) is 0 Å². The van der Waals surface area contributed by atoms with Crippen molar-refractivity contribution in [2.24, 2.45) is 17.3 Å². The number of fused-ring (bicyclic) bond motifs is 1. The summed E-state index contributed by atoms with van der Waals surface area (Å²) in [5, 5.41) is 5.67. The molecule has 3 N–H and O–H groups in total. The first kappa shape index (κ1) is 53.2. The molecule has 3 aliphatic heterocycles. The van der Waals surface area contributed by atoms with E-state index in [0.717, 1.165) is 85.0 Å². The molecule has 12 rings (SSSR count). The van der Waals surface area contributed by atoms with Crippen molar-refractivity contribution >= 4 is 61.9 Å². The van der Waals surface area contributed by atoms with Gasteiger partial charge in [-0.2, -0.15) is 12.7 Å². The van der Waals surface area contributed by atoms with Crippen molar-refractivity contribution in [1.82, 2.24) is 29.1 Å². The number of nitrogens with zero attached hydrogens (tertiary/aromatic N) is 7. The van der Waals surface area contributed by atoms with Crippen LogP contribution in [0.3, 0.4) is 0 Å². The molecule has 1 aliphatic carbocycles. The van der Waals surface area contributed by atoms with E-state index in [-0.39, 0.29) is 41.1 Å². The number of nitrogens with one attached hydrogen (secondary N) is 3. The van der Waals surface area contributed by atoms with Crippen molar-refractivity contribution in [2.45, 2.75) is 57.0 Å². The molecule has 3 saturated heterocycles. The van der Waals surface area contributed by atoms with Gasteiger partial charge >= 0.3 is 10.2 Å². The van der Waals surface area contributed by atoms with Gasteiger partial charge in [-0.1, -0.05) is 97.9 Å². The van der Waals surface area contributed by atoms with Gasteiger partial charge in [-0.15, -0.1) is 0 Å². The number of anilines is 4. The summed E-state index contributed by atoms with van der Waals surface area (Å²) in [4.78, 5) is 57.9. The molecule has 81 heavy (non-hydrogen) atoms. The van der Waals surface area contributed by atoms with Gasteiger partial charge in [0.15, 0.2) is 5.82 Å². The second kappa shape index (κ2) is 21.2. The molecule has 4 aliphatic rings. The first-order chi connectivity index (χ1) is 39.1. The van der Waals surface area contributed by atoms with Crippen LogP contribution in [-0.2, 0) is 25.3 Å². The number of pyridine rings is 1. The minimum absolute atomic E-state index is 0.0720. The van der Waals surface area contributed by atoms with Gasteiger partial charge in [0.1, 0.15) is 28.9 Å². The van der Waals surface area contributed by atoms with E-state index >= 15 is 18.0 Å². The highest BCUT2D eigenvalue weighted by Gasteiger charge is 2.55. The predicted molar refractivity (Wildman–Crippen MR) is 305 cm³/mol. The molecule has 1 saturated carbocycles. The van der Waals surface area contributed by atoms with Gasteiger partial charge in [0.05, 0.1) is 22.5 Å². The molecule has 6 heterocycles. The SMILES string of the molecule is CCN(C)S(=O)(=O)Nc1ccc(F)c(C(=O)c2cn(C(c3ccccc3)(c3ccccc3)c3ccccc3)c3ncc(-c4cnc(N5CC6(CC(C7CCN(c8ccc(NC9CCC(=O)NC9=O)cc8F)CC7)C6)C5)nc4)cc23)c1F. The number of rotatable bonds is 16. The summed E-state index contributed by atoms with van der Waals surface area (Å²) in [5.74, 6) is -2.88. The molecule has 414 valence electrons. The molecule has 0 bridgehead atoms. The molecular formula is C62H59F3N10O5S. The lowest BCUT2D eigenvalue weighted by Gasteiger charge is -2.61. The molecule has 2 amide bonds. The molecule has 1 atom stereocenters. The van der Waals surface area contributed by atoms with E-state index in [4.69, 9.17) is 15.0 Å². The fourth-order valence-electron chi connectivity index (χ4n) is 12.7. The van der Waals surface area contributed by atoms with Gasteiger partial charge in [0, 0.05) is 98.6 Å². The third kappa shape index (κ3) is 9.74. The molecule has 15 nitrogen and oxygen atoms in total. The second-order valence-electron chi connectivity index (χ2n) is 21.9. The highest BCUT2D eigenvalue weighted by Crippen LogP contribution is 2.56. The Hall–Kier alpha value is -8.42. The number of halogens is 3. The number of ketones is 1. The van der Waals surface area contributed by atoms with Crippen molar-refractivity contribution in [2.75, 3.05) is 59.6 Å². The molecule has 3 aromatic heterocycles. The summed E-state index contributed by atoms with van der Waals surface area (Å²) >= 11 is 0. The van der Waals surface area contributed by atoms with Crippen LogP contribution in [0.25, 0.3) is 22.2 Å². The van der Waals surface area contributed by atoms with Crippen molar-refractivity contribution in [3.63, 3.8) is 0 Å². The Morgan fingerprint density at radius 2 is 1.37 bits per heavy atom. The Bertz CT molecular complexity index is 3720. The van der Waals surface area contributed by atoms with E-state index in [1.807, 2.05) is 95.6 Å². The lowest BCUT2D eigenvalue weighted by atomic mass is 9.53. The summed E-state index contributed by atoms with van der Waals surface area (Å²) in [7, 11) is -2.95. The van der Waals surface area contributed by atoms with E-state index in [9.17, 15) is 18.0 Å². The summed E-state index contributed by atoms with van der Waals surface area (Å²) in [5.41, 5.74) is 2.36. The van der Waals surface area contributed by atoms with E-state index in [1.54, 1.807) is 49.9 Å². The number of piperidine rings is 2. The third-order valence-electron chi connectivity index (χ3n) is 17.0. The molecule has 1 spiro atoms. The van der Waals surface area contributed by atoms with Crippen LogP contribution in [0.1, 0.15) is 78.1 Å². The highest BCUT2D eigenvalue weighted by molar-refractivity contribution is 7.90. The standard InChI is InChI=1S/C62H59F3N10O5S/c1-3-72(2)81(79,80)71-51-21-20-49(63)55(56(51)65)57(77)48-36-75(62(43-13-7-4-8-14-43,44-15-9-5-10-16-44)45-17-11-6-12-18-45)58-47(48)29-40(33-66-58)42-34-67-60(68-35-42)74-37-61(38-74)31-41(32-61)39-25-27-73(28-26-39)53-23-19-46(30-50(53)64)69-52-22-24-54(76)70-59(52)78/h4-21,23,29-30,33-36,39,41,52,69,71H,3,22,24-28,31-32,37-38H2,1-2H3,(H,70,76,78). The third-order valence-corrected chi connectivity index (χ3v) is 18.6. The first-order valence-corrected chi connectivity index (χ1v) is 28.8. The Morgan fingerprint density at radius 3 is 1.96 bits per heavy atom. The van der Waals surface area contributed by atoms with Crippen molar-refractivity contribution in [3.05, 3.63) is 197 Å². The molecule has 1 unspecified atom stereocenters. The zero-order chi connectivity index (χ0) is 56.2. The molecule has 5 aromatic carbocycles. The number of hydrogen-bond acceptors (Lipinski definition) is 11. The fraction of sp³-hybridized carbons (Fsp3) is 0.290. The molecular weight excluding hydrogens is 1050 g/mol. The van der Waals surface area contributed by atoms with Crippen LogP contribution in [0, 0.1) is 34.7 Å². The maximum atomic E-state index is 16.7. The van der Waals surface area contributed by atoms with Gasteiger partial charge in [0.25, 0.3) is 0 Å². The van der Waals surface area contributed by atoms with Crippen LogP contribution < -0.4 is 25.2 Å². The lowest BCUT2D eigenvalue weighted by molar-refractivity contribution is -0.133. The number of hydrogen-bond donors (Lipinski definition) is 3. The Kier molecular flexibility index (Phi) is 14.0. The maximum Gasteiger partial charge on any atom is 0.301 e. The number of benzene rings is 5. The summed E-state index contributed by atoms with van der Waals surface area (Å²) < 4.78 is 79.6. The minimum Gasteiger partial charge on any atom is -0.374 e. The fourth-order valence-corrected chi connectivity index (χ4v) is 13.6. The topological polar surface area (TPSA) is 175 Å². The predicted octanol–water partition coefficient (Wildman–Crippen LogP) is 9.94. The molecule has 19 heteroatoms. The molecule has 4 fully saturated rings. The van der Waals surface area contributed by atoms with Crippen LogP contribution in [0.15, 0.2) is 152 Å². The summed E-state index contributed by atoms with van der Waals surface area (Å²) in [6, 6.07) is 37.1. The van der Waals surface area contributed by atoms with Crippen LogP contribution in [0.5, 0.6) is 0 Å². The maximum absolute atomic E-state index is 16.7. The summed E-state index contributed by atoms with van der Waals surface area (Å²) in [6.07, 6.45) is 11.4. The Balaban J connectivity index is 0.796. The van der Waals surface area contributed by atoms with Gasteiger partial charge in [-0.05, 0) is 97.0 Å². The summed E-state index contributed by atoms with van der Waals surface area (Å²) in [6.45, 7) is 4.85. The Labute approximate surface area is 467 Å². The monoisotopic (exact) mass is 1110 g/mol. The van der Waals surface area contributed by atoms with E-state index in [2.05, 4.69) is 25.2 Å². The molecule has 8 aromatic rings. The smallest absolute Gasteiger partial charge is 0.301 e. The first-order valence-electron chi connectivity index (χ1n) is 27.3. The van der Waals surface area contributed by atoms with Gasteiger partial charge in [-0.3, -0.25) is 24.4 Å². The van der Waals surface area contributed by atoms with Gasteiger partial charge in [0.2, 0.25) is 23.5 Å². The largest absolute Gasteiger partial charge is 0.374 e. The number of carbonyl (C=O) groups excluding carboxylic acids is 3. The number of aromatic nitrogens is 4. The van der Waals surface area contributed by atoms with E-state index in [1.165, 1.54) is 13.1 Å². The quantitative estimate of drug-likeness (QED) is 0.0477. The van der Waals surface area contributed by atoms with Crippen LogP contribution >= 0.6 is 0 Å². The van der Waals surface area contributed by atoms with E-state index < -0.39 is 56.4 Å². The lowest BCUT2D eigenvalue weighted by Crippen LogP contribution is -2.64. The number of amides is 2. The average molecular weight is 1110 g/mol.